The van der Waals surface area contributed by atoms with E-state index in [2.05, 4.69) is 15.1 Å². The van der Waals surface area contributed by atoms with Crippen LogP contribution in [-0.4, -0.2) is 46.8 Å². The maximum Gasteiger partial charge on any atom is 0.274 e. The normalized spacial score (nSPS) is 24.9. The minimum absolute atomic E-state index is 0.138. The summed E-state index contributed by atoms with van der Waals surface area (Å²) in [5, 5.41) is 7.35. The number of rotatable bonds is 4. The van der Waals surface area contributed by atoms with Gasteiger partial charge < -0.3 is 9.64 Å². The number of carbonyl (C=O) groups is 1. The fraction of sp³-hybridized carbons (Fsp3) is 0.733. The van der Waals surface area contributed by atoms with E-state index in [1.165, 1.54) is 11.3 Å². The third-order valence-electron chi connectivity index (χ3n) is 4.74. The zero-order chi connectivity index (χ0) is 13.5. The molecule has 1 atom stereocenters. The number of fused-ring (bicyclic) bond motifs is 1. The molecule has 5 heteroatoms. The Morgan fingerprint density at radius 2 is 2.25 bits per heavy atom. The third kappa shape index (κ3) is 2.14. The van der Waals surface area contributed by atoms with E-state index in [0.717, 1.165) is 58.3 Å². The average molecular weight is 275 g/mol. The average Bonchev–Trinajstić information content (AvgIpc) is 2.88. The molecular weight excluding hydrogens is 254 g/mol. The zero-order valence-electron chi connectivity index (χ0n) is 11.7. The molecule has 4 rings (SSSR count). The van der Waals surface area contributed by atoms with Crippen LogP contribution in [0.15, 0.2) is 0 Å². The molecule has 20 heavy (non-hydrogen) atoms. The third-order valence-corrected chi connectivity index (χ3v) is 4.74. The summed E-state index contributed by atoms with van der Waals surface area (Å²) in [4.78, 5) is 14.9. The van der Waals surface area contributed by atoms with E-state index in [0.29, 0.717) is 17.7 Å². The summed E-state index contributed by atoms with van der Waals surface area (Å²) >= 11 is 0. The van der Waals surface area contributed by atoms with E-state index in [1.807, 2.05) is 0 Å². The molecular formula is C15H21N3O2. The predicted molar refractivity (Wildman–Crippen MR) is 73.6 cm³/mol. The van der Waals surface area contributed by atoms with Gasteiger partial charge >= 0.3 is 0 Å². The van der Waals surface area contributed by atoms with Crippen molar-refractivity contribution in [2.75, 3.05) is 19.8 Å². The van der Waals surface area contributed by atoms with Crippen molar-refractivity contribution in [3.63, 3.8) is 0 Å². The number of aromatic nitrogens is 2. The SMILES string of the molecule is O=C(c1n[nH]c2c1CCC2)N(CC1CCOC1)C1CC1. The van der Waals surface area contributed by atoms with Gasteiger partial charge in [-0.25, -0.2) is 0 Å². The number of aromatic amines is 1. The van der Waals surface area contributed by atoms with E-state index in [9.17, 15) is 4.79 Å². The number of amides is 1. The molecule has 1 aromatic heterocycles. The lowest BCUT2D eigenvalue weighted by molar-refractivity contribution is 0.0699. The Kier molecular flexibility index (Phi) is 3.02. The summed E-state index contributed by atoms with van der Waals surface area (Å²) in [6, 6.07) is 0.442. The summed E-state index contributed by atoms with van der Waals surface area (Å²) in [5.41, 5.74) is 3.03. The van der Waals surface area contributed by atoms with Crippen LogP contribution in [0.3, 0.4) is 0 Å². The highest BCUT2D eigenvalue weighted by Crippen LogP contribution is 2.32. The van der Waals surface area contributed by atoms with Crippen LogP contribution in [0, 0.1) is 5.92 Å². The molecule has 1 saturated carbocycles. The van der Waals surface area contributed by atoms with Crippen LogP contribution in [0.1, 0.15) is 47.4 Å². The summed E-state index contributed by atoms with van der Waals surface area (Å²) in [7, 11) is 0. The van der Waals surface area contributed by atoms with Crippen LogP contribution < -0.4 is 0 Å². The van der Waals surface area contributed by atoms with Crippen molar-refractivity contribution in [3.8, 4) is 0 Å². The summed E-state index contributed by atoms with van der Waals surface area (Å²) in [6.45, 7) is 2.48. The molecule has 1 aromatic rings. The van der Waals surface area contributed by atoms with Crippen molar-refractivity contribution in [1.29, 1.82) is 0 Å². The standard InChI is InChI=1S/C15H21N3O2/c19-15(14-12-2-1-3-13(12)16-17-14)18(11-4-5-11)8-10-6-7-20-9-10/h10-11H,1-9H2,(H,16,17). The van der Waals surface area contributed by atoms with Gasteiger partial charge in [0.05, 0.1) is 6.61 Å². The maximum absolute atomic E-state index is 12.8. The number of H-pyrrole nitrogens is 1. The van der Waals surface area contributed by atoms with Crippen molar-refractivity contribution in [3.05, 3.63) is 17.0 Å². The summed E-state index contributed by atoms with van der Waals surface area (Å²) < 4.78 is 5.44. The van der Waals surface area contributed by atoms with Gasteiger partial charge in [0.2, 0.25) is 0 Å². The predicted octanol–water partition coefficient (Wildman–Crippen LogP) is 1.54. The molecule has 2 fully saturated rings. The summed E-state index contributed by atoms with van der Waals surface area (Å²) in [6.07, 6.45) is 6.55. The molecule has 3 aliphatic rings. The second-order valence-electron chi connectivity index (χ2n) is 6.30. The van der Waals surface area contributed by atoms with Gasteiger partial charge in [-0.2, -0.15) is 5.10 Å². The summed E-state index contributed by atoms with van der Waals surface area (Å²) in [5.74, 6) is 0.644. The topological polar surface area (TPSA) is 58.2 Å². The van der Waals surface area contributed by atoms with Crippen molar-refractivity contribution in [2.24, 2.45) is 5.92 Å². The van der Waals surface area contributed by atoms with Crippen LogP contribution >= 0.6 is 0 Å². The second kappa shape index (κ2) is 4.88. The van der Waals surface area contributed by atoms with Gasteiger partial charge in [-0.15, -0.1) is 0 Å². The number of aryl methyl sites for hydroxylation is 1. The number of hydrogen-bond acceptors (Lipinski definition) is 3. The van der Waals surface area contributed by atoms with Gasteiger partial charge in [0.15, 0.2) is 5.69 Å². The van der Waals surface area contributed by atoms with Crippen LogP contribution in [-0.2, 0) is 17.6 Å². The first-order valence-electron chi connectivity index (χ1n) is 7.78. The van der Waals surface area contributed by atoms with Crippen molar-refractivity contribution in [1.82, 2.24) is 15.1 Å². The van der Waals surface area contributed by atoms with E-state index < -0.39 is 0 Å². The molecule has 0 bridgehead atoms. The fourth-order valence-electron chi connectivity index (χ4n) is 3.42. The molecule has 1 N–H and O–H groups in total. The molecule has 2 heterocycles. The van der Waals surface area contributed by atoms with Crippen molar-refractivity contribution < 1.29 is 9.53 Å². The van der Waals surface area contributed by atoms with Gasteiger partial charge in [0.1, 0.15) is 0 Å². The Balaban J connectivity index is 1.54. The lowest BCUT2D eigenvalue weighted by atomic mass is 10.1. The Labute approximate surface area is 118 Å². The second-order valence-corrected chi connectivity index (χ2v) is 6.30. The Bertz CT molecular complexity index is 515. The highest BCUT2D eigenvalue weighted by atomic mass is 16.5. The Morgan fingerprint density at radius 3 is 3.00 bits per heavy atom. The zero-order valence-corrected chi connectivity index (χ0v) is 11.7. The molecule has 5 nitrogen and oxygen atoms in total. The van der Waals surface area contributed by atoms with Crippen molar-refractivity contribution in [2.45, 2.75) is 44.6 Å². The first kappa shape index (κ1) is 12.4. The van der Waals surface area contributed by atoms with E-state index in [1.54, 1.807) is 0 Å². The molecule has 1 amide bonds. The van der Waals surface area contributed by atoms with Crippen LogP contribution in [0.25, 0.3) is 0 Å². The van der Waals surface area contributed by atoms with E-state index in [-0.39, 0.29) is 5.91 Å². The minimum Gasteiger partial charge on any atom is -0.381 e. The van der Waals surface area contributed by atoms with Crippen LogP contribution in [0.4, 0.5) is 0 Å². The highest BCUT2D eigenvalue weighted by molar-refractivity contribution is 5.94. The molecule has 1 unspecified atom stereocenters. The van der Waals surface area contributed by atoms with E-state index in [4.69, 9.17) is 4.74 Å². The largest absolute Gasteiger partial charge is 0.381 e. The van der Waals surface area contributed by atoms with Crippen molar-refractivity contribution >= 4 is 5.91 Å². The molecule has 108 valence electrons. The van der Waals surface area contributed by atoms with Gasteiger partial charge in [0, 0.05) is 36.4 Å². The molecule has 0 spiro atoms. The monoisotopic (exact) mass is 275 g/mol. The van der Waals surface area contributed by atoms with Crippen LogP contribution in [0.5, 0.6) is 0 Å². The maximum atomic E-state index is 12.8. The van der Waals surface area contributed by atoms with Gasteiger partial charge in [-0.1, -0.05) is 0 Å². The first-order chi connectivity index (χ1) is 9.83. The molecule has 1 saturated heterocycles. The number of carbonyl (C=O) groups excluding carboxylic acids is 1. The lowest BCUT2D eigenvalue weighted by Crippen LogP contribution is -2.38. The number of nitrogens with zero attached hydrogens (tertiary/aromatic N) is 2. The number of ether oxygens (including phenoxy) is 1. The van der Waals surface area contributed by atoms with Gasteiger partial charge in [0.25, 0.3) is 5.91 Å². The fourth-order valence-corrected chi connectivity index (χ4v) is 3.42. The number of nitrogens with one attached hydrogen (secondary N) is 1. The minimum atomic E-state index is 0.138. The smallest absolute Gasteiger partial charge is 0.274 e. The molecule has 2 aliphatic carbocycles. The lowest BCUT2D eigenvalue weighted by Gasteiger charge is -2.24. The molecule has 0 aromatic carbocycles. The van der Waals surface area contributed by atoms with Crippen LogP contribution in [0.2, 0.25) is 0 Å². The first-order valence-corrected chi connectivity index (χ1v) is 7.78. The van der Waals surface area contributed by atoms with Gasteiger partial charge in [-0.3, -0.25) is 9.89 Å². The van der Waals surface area contributed by atoms with E-state index >= 15 is 0 Å². The number of hydrogen-bond donors (Lipinski definition) is 1. The molecule has 0 radical (unpaired) electrons. The Hall–Kier alpha value is -1.36. The highest BCUT2D eigenvalue weighted by Gasteiger charge is 2.37. The van der Waals surface area contributed by atoms with Gasteiger partial charge in [-0.05, 0) is 38.5 Å². The Morgan fingerprint density at radius 1 is 1.35 bits per heavy atom. The quantitative estimate of drug-likeness (QED) is 0.906. The molecule has 1 aliphatic heterocycles.